The van der Waals surface area contributed by atoms with E-state index in [0.717, 1.165) is 12.8 Å². The summed E-state index contributed by atoms with van der Waals surface area (Å²) in [7, 11) is 0. The van der Waals surface area contributed by atoms with Crippen molar-refractivity contribution in [2.75, 3.05) is 19.6 Å². The Kier molecular flexibility index (Phi) is 4.85. The molecule has 21 heavy (non-hydrogen) atoms. The summed E-state index contributed by atoms with van der Waals surface area (Å²) in [6.07, 6.45) is 2.40. The molecule has 2 fully saturated rings. The number of carboxylic acid groups (broad SMARTS) is 1. The third-order valence-corrected chi connectivity index (χ3v) is 4.22. The van der Waals surface area contributed by atoms with Gasteiger partial charge in [-0.2, -0.15) is 0 Å². The molecule has 0 radical (unpaired) electrons. The van der Waals surface area contributed by atoms with Crippen LogP contribution in [0.15, 0.2) is 0 Å². The quantitative estimate of drug-likeness (QED) is 0.838. The van der Waals surface area contributed by atoms with Crippen LogP contribution in [0.1, 0.15) is 39.5 Å². The van der Waals surface area contributed by atoms with Crippen LogP contribution in [0.2, 0.25) is 0 Å². The molecule has 0 aromatic rings. The van der Waals surface area contributed by atoms with E-state index in [1.165, 1.54) is 4.90 Å². The lowest BCUT2D eigenvalue weighted by Crippen LogP contribution is -2.50. The molecule has 2 atom stereocenters. The predicted molar refractivity (Wildman–Crippen MR) is 76.5 cm³/mol. The van der Waals surface area contributed by atoms with Crippen molar-refractivity contribution in [3.63, 3.8) is 0 Å². The van der Waals surface area contributed by atoms with Crippen LogP contribution >= 0.6 is 0 Å². The summed E-state index contributed by atoms with van der Waals surface area (Å²) in [5.41, 5.74) is 0. The van der Waals surface area contributed by atoms with Gasteiger partial charge in [-0.15, -0.1) is 0 Å². The zero-order valence-electron chi connectivity index (χ0n) is 12.7. The molecule has 2 aliphatic heterocycles. The van der Waals surface area contributed by atoms with Gasteiger partial charge in [0.05, 0.1) is 5.92 Å². The Morgan fingerprint density at radius 3 is 2.67 bits per heavy atom. The Bertz CT molecular complexity index is 435. The Balaban J connectivity index is 2.02. The molecule has 2 aliphatic rings. The molecular weight excluding hydrogens is 272 g/mol. The number of amides is 2. The van der Waals surface area contributed by atoms with Gasteiger partial charge in [0.25, 0.3) is 0 Å². The van der Waals surface area contributed by atoms with Crippen LogP contribution in [-0.4, -0.2) is 58.4 Å². The highest BCUT2D eigenvalue weighted by Gasteiger charge is 2.40. The summed E-state index contributed by atoms with van der Waals surface area (Å²) in [6.45, 7) is 5.65. The molecule has 118 valence electrons. The van der Waals surface area contributed by atoms with Crippen molar-refractivity contribution >= 4 is 17.8 Å². The van der Waals surface area contributed by atoms with Crippen LogP contribution < -0.4 is 0 Å². The number of likely N-dealkylation sites (tertiary alicyclic amines) is 2. The maximum Gasteiger partial charge on any atom is 0.326 e. The van der Waals surface area contributed by atoms with Crippen LogP contribution in [0, 0.1) is 11.8 Å². The van der Waals surface area contributed by atoms with E-state index in [0.29, 0.717) is 32.0 Å². The van der Waals surface area contributed by atoms with Crippen LogP contribution in [0.25, 0.3) is 0 Å². The number of rotatable bonds is 4. The number of nitrogens with zero attached hydrogens (tertiary/aromatic N) is 2. The summed E-state index contributed by atoms with van der Waals surface area (Å²) < 4.78 is 0. The van der Waals surface area contributed by atoms with Gasteiger partial charge in [-0.1, -0.05) is 13.8 Å². The fraction of sp³-hybridized carbons (Fsp3) is 0.800. The summed E-state index contributed by atoms with van der Waals surface area (Å²) in [6, 6.07) is -0.722. The predicted octanol–water partition coefficient (Wildman–Crippen LogP) is 0.957. The van der Waals surface area contributed by atoms with Gasteiger partial charge in [-0.3, -0.25) is 9.59 Å². The lowest BCUT2D eigenvalue weighted by Gasteiger charge is -2.34. The van der Waals surface area contributed by atoms with Gasteiger partial charge in [0.2, 0.25) is 11.8 Å². The Morgan fingerprint density at radius 2 is 2.05 bits per heavy atom. The SMILES string of the molecule is CC(C)CN1CC(C(=O)N2CCCCC2C(=O)O)CC1=O. The molecule has 2 heterocycles. The number of carbonyl (C=O) groups is 3. The van der Waals surface area contributed by atoms with Gasteiger partial charge in [0, 0.05) is 26.1 Å². The molecule has 2 unspecified atom stereocenters. The standard InChI is InChI=1S/C15H24N2O4/c1-10(2)8-16-9-11(7-13(16)18)14(19)17-6-4-3-5-12(17)15(20)21/h10-12H,3-9H2,1-2H3,(H,20,21). The third-order valence-electron chi connectivity index (χ3n) is 4.22. The van der Waals surface area contributed by atoms with E-state index in [1.807, 2.05) is 13.8 Å². The van der Waals surface area contributed by atoms with E-state index in [-0.39, 0.29) is 24.2 Å². The number of piperidine rings is 1. The molecule has 6 heteroatoms. The van der Waals surface area contributed by atoms with Gasteiger partial charge in [-0.05, 0) is 25.2 Å². The Morgan fingerprint density at radius 1 is 1.33 bits per heavy atom. The van der Waals surface area contributed by atoms with E-state index in [4.69, 9.17) is 0 Å². The molecular formula is C15H24N2O4. The molecule has 0 aromatic carbocycles. The number of hydrogen-bond donors (Lipinski definition) is 1. The highest BCUT2D eigenvalue weighted by Crippen LogP contribution is 2.25. The van der Waals surface area contributed by atoms with Crippen molar-refractivity contribution in [2.45, 2.75) is 45.6 Å². The maximum atomic E-state index is 12.6. The molecule has 2 amide bonds. The lowest BCUT2D eigenvalue weighted by molar-refractivity contribution is -0.153. The topological polar surface area (TPSA) is 77.9 Å². The molecule has 0 aliphatic carbocycles. The fourth-order valence-corrected chi connectivity index (χ4v) is 3.24. The zero-order valence-corrected chi connectivity index (χ0v) is 12.7. The molecule has 0 saturated carbocycles. The van der Waals surface area contributed by atoms with Crippen molar-refractivity contribution in [1.82, 2.24) is 9.80 Å². The normalized spacial score (nSPS) is 26.5. The summed E-state index contributed by atoms with van der Waals surface area (Å²) in [5.74, 6) is -1.11. The van der Waals surface area contributed by atoms with Gasteiger partial charge in [0.1, 0.15) is 6.04 Å². The first-order valence-corrected chi connectivity index (χ1v) is 7.71. The van der Waals surface area contributed by atoms with Crippen molar-refractivity contribution in [3.05, 3.63) is 0 Å². The lowest BCUT2D eigenvalue weighted by atomic mass is 9.98. The molecule has 2 rings (SSSR count). The second kappa shape index (κ2) is 6.45. The zero-order chi connectivity index (χ0) is 15.6. The molecule has 6 nitrogen and oxygen atoms in total. The summed E-state index contributed by atoms with van der Waals surface area (Å²) in [4.78, 5) is 39.0. The second-order valence-electron chi connectivity index (χ2n) is 6.48. The summed E-state index contributed by atoms with van der Waals surface area (Å²) in [5, 5.41) is 9.25. The largest absolute Gasteiger partial charge is 0.480 e. The molecule has 1 N–H and O–H groups in total. The highest BCUT2D eigenvalue weighted by molar-refractivity contribution is 5.91. The number of aliphatic carboxylic acids is 1. The highest BCUT2D eigenvalue weighted by atomic mass is 16.4. The molecule has 0 spiro atoms. The first kappa shape index (κ1) is 15.8. The van der Waals surface area contributed by atoms with Crippen molar-refractivity contribution < 1.29 is 19.5 Å². The van der Waals surface area contributed by atoms with Gasteiger partial charge < -0.3 is 14.9 Å². The number of carbonyl (C=O) groups excluding carboxylic acids is 2. The first-order chi connectivity index (χ1) is 9.90. The van der Waals surface area contributed by atoms with Crippen molar-refractivity contribution in [1.29, 1.82) is 0 Å². The number of hydrogen-bond acceptors (Lipinski definition) is 3. The first-order valence-electron chi connectivity index (χ1n) is 7.71. The minimum absolute atomic E-state index is 0.00549. The molecule has 0 bridgehead atoms. The minimum Gasteiger partial charge on any atom is -0.480 e. The van der Waals surface area contributed by atoms with E-state index in [9.17, 15) is 19.5 Å². The van der Waals surface area contributed by atoms with Crippen molar-refractivity contribution in [3.8, 4) is 0 Å². The van der Waals surface area contributed by atoms with Crippen LogP contribution in [0.5, 0.6) is 0 Å². The van der Waals surface area contributed by atoms with Gasteiger partial charge in [0.15, 0.2) is 0 Å². The van der Waals surface area contributed by atoms with Crippen LogP contribution in [0.4, 0.5) is 0 Å². The second-order valence-corrected chi connectivity index (χ2v) is 6.48. The summed E-state index contributed by atoms with van der Waals surface area (Å²) >= 11 is 0. The van der Waals surface area contributed by atoms with Gasteiger partial charge >= 0.3 is 5.97 Å². The molecule has 2 saturated heterocycles. The average molecular weight is 296 g/mol. The van der Waals surface area contributed by atoms with Crippen LogP contribution in [0.3, 0.4) is 0 Å². The maximum absolute atomic E-state index is 12.6. The van der Waals surface area contributed by atoms with E-state index in [1.54, 1.807) is 4.90 Å². The van der Waals surface area contributed by atoms with E-state index >= 15 is 0 Å². The van der Waals surface area contributed by atoms with E-state index in [2.05, 4.69) is 0 Å². The smallest absolute Gasteiger partial charge is 0.326 e. The van der Waals surface area contributed by atoms with Crippen molar-refractivity contribution in [2.24, 2.45) is 11.8 Å². The average Bonchev–Trinajstić information content (AvgIpc) is 2.78. The Hall–Kier alpha value is -1.59. The van der Waals surface area contributed by atoms with Crippen LogP contribution in [-0.2, 0) is 14.4 Å². The fourth-order valence-electron chi connectivity index (χ4n) is 3.24. The molecule has 0 aromatic heterocycles. The number of carboxylic acids is 1. The monoisotopic (exact) mass is 296 g/mol. The minimum atomic E-state index is -0.939. The Labute approximate surface area is 125 Å². The van der Waals surface area contributed by atoms with Gasteiger partial charge in [-0.25, -0.2) is 4.79 Å². The third kappa shape index (κ3) is 3.54. The van der Waals surface area contributed by atoms with E-state index < -0.39 is 12.0 Å².